The van der Waals surface area contributed by atoms with Crippen LogP contribution in [0.2, 0.25) is 0 Å². The third-order valence-corrected chi connectivity index (χ3v) is 4.00. The molecule has 0 unspecified atom stereocenters. The number of hydrogen-bond acceptors (Lipinski definition) is 5. The van der Waals surface area contributed by atoms with Crippen LogP contribution >= 0.6 is 11.3 Å². The molecule has 20 heavy (non-hydrogen) atoms. The zero-order chi connectivity index (χ0) is 14.5. The maximum absolute atomic E-state index is 12.2. The third kappa shape index (κ3) is 1.92. The minimum absolute atomic E-state index is 0.0695. The monoisotopic (exact) mass is 289 g/mol. The second-order valence-electron chi connectivity index (χ2n) is 5.23. The van der Waals surface area contributed by atoms with Crippen molar-refractivity contribution in [2.75, 3.05) is 17.7 Å². The van der Waals surface area contributed by atoms with Gasteiger partial charge in [-0.2, -0.15) is 0 Å². The number of benzene rings is 1. The summed E-state index contributed by atoms with van der Waals surface area (Å²) in [4.78, 5) is 18.1. The normalized spacial score (nSPS) is 16.8. The average Bonchev–Trinajstić information content (AvgIpc) is 2.82. The maximum Gasteiger partial charge on any atom is 0.270 e. The number of ether oxygens (including phenoxy) is 1. The Kier molecular flexibility index (Phi) is 2.72. The number of nitrogens with two attached hydrogens (primary N) is 1. The van der Waals surface area contributed by atoms with Crippen molar-refractivity contribution in [3.8, 4) is 17.0 Å². The fraction of sp³-hybridized carbons (Fsp3) is 0.286. The highest BCUT2D eigenvalue weighted by Crippen LogP contribution is 2.39. The molecule has 1 amide bonds. The van der Waals surface area contributed by atoms with E-state index in [1.54, 1.807) is 25.8 Å². The van der Waals surface area contributed by atoms with E-state index in [2.05, 4.69) is 4.98 Å². The summed E-state index contributed by atoms with van der Waals surface area (Å²) in [7, 11) is 1.75. The van der Waals surface area contributed by atoms with Crippen LogP contribution in [0.15, 0.2) is 23.6 Å². The number of hydrogen-bond donors (Lipinski definition) is 1. The SMILES string of the molecule is CN1C(=O)C(C)(C)Oc2ccc(-c3csc(N)n3)cc21. The number of likely N-dealkylation sites (N-methyl/N-ethyl adjacent to an activating group) is 1. The first-order chi connectivity index (χ1) is 9.38. The van der Waals surface area contributed by atoms with Gasteiger partial charge in [-0.3, -0.25) is 4.79 Å². The van der Waals surface area contributed by atoms with E-state index in [-0.39, 0.29) is 5.91 Å². The standard InChI is InChI=1S/C14H15N3O2S/c1-14(2)12(18)17(3)10-6-8(4-5-11(10)19-14)9-7-20-13(15)16-9/h4-7H,1-3H3,(H2,15,16). The molecule has 0 aliphatic carbocycles. The van der Waals surface area contributed by atoms with Crippen LogP contribution in [0.1, 0.15) is 13.8 Å². The zero-order valence-electron chi connectivity index (χ0n) is 11.5. The number of carbonyl (C=O) groups is 1. The molecule has 3 rings (SSSR count). The lowest BCUT2D eigenvalue weighted by molar-refractivity contribution is -0.132. The van der Waals surface area contributed by atoms with Crippen LogP contribution in [0.5, 0.6) is 5.75 Å². The molecule has 5 nitrogen and oxygen atoms in total. The Balaban J connectivity index is 2.08. The summed E-state index contributed by atoms with van der Waals surface area (Å²) in [5, 5.41) is 2.42. The lowest BCUT2D eigenvalue weighted by Gasteiger charge is -2.37. The van der Waals surface area contributed by atoms with Crippen LogP contribution in [0.4, 0.5) is 10.8 Å². The summed E-state index contributed by atoms with van der Waals surface area (Å²) >= 11 is 1.39. The van der Waals surface area contributed by atoms with Gasteiger partial charge in [0.15, 0.2) is 10.7 Å². The van der Waals surface area contributed by atoms with Gasteiger partial charge in [-0.25, -0.2) is 4.98 Å². The summed E-state index contributed by atoms with van der Waals surface area (Å²) in [6, 6.07) is 5.69. The molecule has 0 spiro atoms. The highest BCUT2D eigenvalue weighted by Gasteiger charge is 2.39. The van der Waals surface area contributed by atoms with E-state index in [1.165, 1.54) is 11.3 Å². The van der Waals surface area contributed by atoms with Crippen LogP contribution < -0.4 is 15.4 Å². The molecule has 0 bridgehead atoms. The number of amides is 1. The number of carbonyl (C=O) groups excluding carboxylic acids is 1. The van der Waals surface area contributed by atoms with Gasteiger partial charge in [-0.15, -0.1) is 11.3 Å². The number of nitrogens with zero attached hydrogens (tertiary/aromatic N) is 2. The summed E-state index contributed by atoms with van der Waals surface area (Å²) in [6.07, 6.45) is 0. The summed E-state index contributed by atoms with van der Waals surface area (Å²) in [5.41, 5.74) is 7.29. The molecule has 104 valence electrons. The Morgan fingerprint density at radius 3 is 2.80 bits per heavy atom. The van der Waals surface area contributed by atoms with Gasteiger partial charge in [-0.05, 0) is 32.0 Å². The molecule has 6 heteroatoms. The molecule has 1 aliphatic heterocycles. The second kappa shape index (κ2) is 4.21. The number of anilines is 2. The lowest BCUT2D eigenvalue weighted by atomic mass is 10.0. The molecule has 2 aromatic rings. The van der Waals surface area contributed by atoms with Crippen molar-refractivity contribution >= 4 is 28.1 Å². The molecule has 1 aromatic heterocycles. The van der Waals surface area contributed by atoms with Crippen molar-refractivity contribution in [3.63, 3.8) is 0 Å². The smallest absolute Gasteiger partial charge is 0.270 e. The fourth-order valence-electron chi connectivity index (χ4n) is 2.28. The number of rotatable bonds is 1. The van der Waals surface area contributed by atoms with Gasteiger partial charge in [0.25, 0.3) is 5.91 Å². The molecule has 0 radical (unpaired) electrons. The van der Waals surface area contributed by atoms with Crippen LogP contribution in [-0.2, 0) is 4.79 Å². The van der Waals surface area contributed by atoms with Crippen molar-refractivity contribution in [2.45, 2.75) is 19.4 Å². The topological polar surface area (TPSA) is 68.5 Å². The summed E-state index contributed by atoms with van der Waals surface area (Å²) in [5.74, 6) is 0.629. The Hall–Kier alpha value is -2.08. The molecule has 0 saturated heterocycles. The van der Waals surface area contributed by atoms with E-state index in [1.807, 2.05) is 23.6 Å². The first-order valence-electron chi connectivity index (χ1n) is 6.21. The van der Waals surface area contributed by atoms with Crippen molar-refractivity contribution < 1.29 is 9.53 Å². The molecular weight excluding hydrogens is 274 g/mol. The van der Waals surface area contributed by atoms with Gasteiger partial charge < -0.3 is 15.4 Å². The fourth-order valence-corrected chi connectivity index (χ4v) is 2.85. The molecule has 0 atom stereocenters. The Morgan fingerprint density at radius 1 is 1.40 bits per heavy atom. The van der Waals surface area contributed by atoms with Gasteiger partial charge in [0.05, 0.1) is 11.4 Å². The van der Waals surface area contributed by atoms with Gasteiger partial charge in [0.1, 0.15) is 5.75 Å². The largest absolute Gasteiger partial charge is 0.476 e. The summed E-state index contributed by atoms with van der Waals surface area (Å²) < 4.78 is 5.76. The van der Waals surface area contributed by atoms with E-state index in [9.17, 15) is 4.79 Å². The molecule has 0 saturated carbocycles. The minimum Gasteiger partial charge on any atom is -0.476 e. The van der Waals surface area contributed by atoms with Gasteiger partial charge >= 0.3 is 0 Å². The van der Waals surface area contributed by atoms with Crippen molar-refractivity contribution in [3.05, 3.63) is 23.6 Å². The second-order valence-corrected chi connectivity index (χ2v) is 6.12. The first-order valence-corrected chi connectivity index (χ1v) is 7.09. The quantitative estimate of drug-likeness (QED) is 0.876. The molecule has 1 aromatic carbocycles. The van der Waals surface area contributed by atoms with E-state index < -0.39 is 5.60 Å². The summed E-state index contributed by atoms with van der Waals surface area (Å²) in [6.45, 7) is 3.54. The van der Waals surface area contributed by atoms with Crippen LogP contribution in [-0.4, -0.2) is 23.5 Å². The Labute approximate surface area is 121 Å². The highest BCUT2D eigenvalue weighted by molar-refractivity contribution is 7.13. The third-order valence-electron chi connectivity index (χ3n) is 3.32. The van der Waals surface area contributed by atoms with Crippen LogP contribution in [0, 0.1) is 0 Å². The minimum atomic E-state index is -0.839. The van der Waals surface area contributed by atoms with Crippen LogP contribution in [0.25, 0.3) is 11.3 Å². The van der Waals surface area contributed by atoms with Gasteiger partial charge in [0.2, 0.25) is 0 Å². The zero-order valence-corrected chi connectivity index (χ0v) is 12.3. The molecule has 2 N–H and O–H groups in total. The number of aromatic nitrogens is 1. The van der Waals surface area contributed by atoms with Crippen molar-refractivity contribution in [1.29, 1.82) is 0 Å². The van der Waals surface area contributed by atoms with Crippen molar-refractivity contribution in [1.82, 2.24) is 4.98 Å². The lowest BCUT2D eigenvalue weighted by Crippen LogP contribution is -2.50. The Bertz CT molecular complexity index is 693. The number of nitrogen functional groups attached to an aromatic ring is 1. The highest BCUT2D eigenvalue weighted by atomic mass is 32.1. The molecule has 0 fully saturated rings. The number of fused-ring (bicyclic) bond motifs is 1. The van der Waals surface area contributed by atoms with Gasteiger partial charge in [-0.1, -0.05) is 0 Å². The van der Waals surface area contributed by atoms with Crippen LogP contribution in [0.3, 0.4) is 0 Å². The molecular formula is C14H15N3O2S. The molecule has 2 heterocycles. The molecule has 1 aliphatic rings. The van der Waals surface area contributed by atoms with E-state index in [4.69, 9.17) is 10.5 Å². The maximum atomic E-state index is 12.2. The van der Waals surface area contributed by atoms with E-state index in [0.29, 0.717) is 10.9 Å². The van der Waals surface area contributed by atoms with Crippen molar-refractivity contribution in [2.24, 2.45) is 0 Å². The average molecular weight is 289 g/mol. The predicted molar refractivity (Wildman–Crippen MR) is 80.1 cm³/mol. The predicted octanol–water partition coefficient (Wildman–Crippen LogP) is 2.53. The van der Waals surface area contributed by atoms with E-state index in [0.717, 1.165) is 16.9 Å². The Morgan fingerprint density at radius 2 is 2.15 bits per heavy atom. The first kappa shape index (κ1) is 12.9. The number of thiazole rings is 1. The van der Waals surface area contributed by atoms with Gasteiger partial charge in [0, 0.05) is 18.0 Å². The van der Waals surface area contributed by atoms with E-state index >= 15 is 0 Å².